The first-order valence-electron chi connectivity index (χ1n) is 3.16. The predicted molar refractivity (Wildman–Crippen MR) is 33.9 cm³/mol. The maximum atomic E-state index is 10.8. The number of amides is 1. The van der Waals surface area contributed by atoms with Crippen LogP contribution in [0.5, 0.6) is 0 Å². The number of nitrogens with zero attached hydrogens (tertiary/aromatic N) is 2. The zero-order chi connectivity index (χ0) is 7.40. The summed E-state index contributed by atoms with van der Waals surface area (Å²) in [6.07, 6.45) is 2.87. The minimum atomic E-state index is 0.0824. The highest BCUT2D eigenvalue weighted by Crippen LogP contribution is 2.08. The van der Waals surface area contributed by atoms with Gasteiger partial charge in [-0.05, 0) is 6.42 Å². The third kappa shape index (κ3) is 1.42. The van der Waals surface area contributed by atoms with Gasteiger partial charge in [0.05, 0.1) is 0 Å². The van der Waals surface area contributed by atoms with Gasteiger partial charge < -0.3 is 4.90 Å². The zero-order valence-electron chi connectivity index (χ0n) is 5.54. The first-order valence-corrected chi connectivity index (χ1v) is 3.16. The van der Waals surface area contributed by atoms with Crippen LogP contribution in [0.15, 0.2) is 4.99 Å². The van der Waals surface area contributed by atoms with Crippen LogP contribution in [0.1, 0.15) is 12.8 Å². The molecule has 0 aromatic heterocycles. The molecule has 0 spiro atoms. The molecule has 54 valence electrons. The Labute approximate surface area is 58.5 Å². The van der Waals surface area contributed by atoms with Crippen LogP contribution in [-0.2, 0) is 9.59 Å². The zero-order valence-corrected chi connectivity index (χ0v) is 5.54. The van der Waals surface area contributed by atoms with Crippen molar-refractivity contribution in [2.24, 2.45) is 4.99 Å². The number of aliphatic imine (C=N–C) groups is 1. The van der Waals surface area contributed by atoms with E-state index in [9.17, 15) is 9.59 Å². The second-order valence-electron chi connectivity index (χ2n) is 2.15. The Morgan fingerprint density at radius 3 is 3.00 bits per heavy atom. The van der Waals surface area contributed by atoms with Crippen molar-refractivity contribution in [3.05, 3.63) is 0 Å². The highest BCUT2D eigenvalue weighted by Gasteiger charge is 2.18. The lowest BCUT2D eigenvalue weighted by Gasteiger charge is -2.09. The minimum absolute atomic E-state index is 0.0824. The number of carbonyl (C=O) groups is 1. The van der Waals surface area contributed by atoms with E-state index in [0.717, 1.165) is 13.0 Å². The first-order chi connectivity index (χ1) is 4.84. The van der Waals surface area contributed by atoms with E-state index in [1.54, 1.807) is 4.90 Å². The molecule has 0 aliphatic carbocycles. The Hall–Kier alpha value is -1.15. The number of likely N-dealkylation sites (tertiary alicyclic amines) is 1. The molecule has 0 atom stereocenters. The van der Waals surface area contributed by atoms with Crippen LogP contribution in [0.2, 0.25) is 0 Å². The Kier molecular flexibility index (Phi) is 2.18. The standard InChI is InChI=1S/C6H8N2O2/c9-5-7-4-8-3-1-2-6(8)10/h1-4H2. The summed E-state index contributed by atoms with van der Waals surface area (Å²) in [6, 6.07) is 0. The van der Waals surface area contributed by atoms with Gasteiger partial charge in [0, 0.05) is 13.0 Å². The number of rotatable bonds is 2. The molecule has 1 fully saturated rings. The first kappa shape index (κ1) is 6.96. The predicted octanol–water partition coefficient (Wildman–Crippen LogP) is -0.0979. The summed E-state index contributed by atoms with van der Waals surface area (Å²) >= 11 is 0. The molecule has 0 N–H and O–H groups in total. The van der Waals surface area contributed by atoms with E-state index in [0.29, 0.717) is 6.42 Å². The molecular formula is C6H8N2O2. The summed E-state index contributed by atoms with van der Waals surface area (Å²) in [6.45, 7) is 0.909. The van der Waals surface area contributed by atoms with Gasteiger partial charge in [0.1, 0.15) is 6.67 Å². The van der Waals surface area contributed by atoms with Gasteiger partial charge in [0.2, 0.25) is 12.0 Å². The summed E-state index contributed by atoms with van der Waals surface area (Å²) in [7, 11) is 0. The van der Waals surface area contributed by atoms with E-state index in [1.807, 2.05) is 0 Å². The van der Waals surface area contributed by atoms with Gasteiger partial charge in [-0.2, -0.15) is 4.99 Å². The summed E-state index contributed by atoms with van der Waals surface area (Å²) in [4.78, 5) is 25.3. The highest BCUT2D eigenvalue weighted by molar-refractivity contribution is 5.78. The fraction of sp³-hybridized carbons (Fsp3) is 0.667. The second kappa shape index (κ2) is 3.13. The minimum Gasteiger partial charge on any atom is -0.322 e. The molecule has 0 aromatic carbocycles. The lowest BCUT2D eigenvalue weighted by Crippen LogP contribution is -2.24. The molecule has 0 unspecified atom stereocenters. The average molecular weight is 140 g/mol. The van der Waals surface area contributed by atoms with Crippen LogP contribution in [-0.4, -0.2) is 30.1 Å². The van der Waals surface area contributed by atoms with E-state index in [4.69, 9.17) is 0 Å². The molecule has 0 radical (unpaired) electrons. The Morgan fingerprint density at radius 1 is 1.70 bits per heavy atom. The summed E-state index contributed by atoms with van der Waals surface area (Å²) in [5.41, 5.74) is 0. The number of hydrogen-bond donors (Lipinski definition) is 0. The van der Waals surface area contributed by atoms with Crippen LogP contribution >= 0.6 is 0 Å². The quantitative estimate of drug-likeness (QED) is 0.397. The van der Waals surface area contributed by atoms with Crippen molar-refractivity contribution in [1.82, 2.24) is 4.90 Å². The lowest BCUT2D eigenvalue weighted by molar-refractivity contribution is -0.127. The van der Waals surface area contributed by atoms with Gasteiger partial charge in [-0.15, -0.1) is 0 Å². The molecule has 0 aromatic rings. The fourth-order valence-corrected chi connectivity index (χ4v) is 0.968. The van der Waals surface area contributed by atoms with Crippen molar-refractivity contribution in [2.75, 3.05) is 13.2 Å². The van der Waals surface area contributed by atoms with Gasteiger partial charge in [0.15, 0.2) is 0 Å². The molecule has 1 aliphatic heterocycles. The molecule has 10 heavy (non-hydrogen) atoms. The van der Waals surface area contributed by atoms with Crippen LogP contribution in [0.25, 0.3) is 0 Å². The molecule has 4 heteroatoms. The largest absolute Gasteiger partial charge is 0.322 e. The Morgan fingerprint density at radius 2 is 2.50 bits per heavy atom. The van der Waals surface area contributed by atoms with Crippen molar-refractivity contribution in [3.8, 4) is 0 Å². The summed E-state index contributed by atoms with van der Waals surface area (Å²) < 4.78 is 0. The van der Waals surface area contributed by atoms with Gasteiger partial charge in [-0.25, -0.2) is 4.79 Å². The summed E-state index contributed by atoms with van der Waals surface area (Å²) in [5.74, 6) is 0.0824. The number of hydrogen-bond acceptors (Lipinski definition) is 3. The fourth-order valence-electron chi connectivity index (χ4n) is 0.968. The van der Waals surface area contributed by atoms with E-state index in [-0.39, 0.29) is 12.6 Å². The molecule has 0 bridgehead atoms. The number of carbonyl (C=O) groups excluding carboxylic acids is 2. The number of isocyanates is 1. The third-order valence-corrected chi connectivity index (χ3v) is 1.48. The van der Waals surface area contributed by atoms with Crippen LogP contribution < -0.4 is 0 Å². The van der Waals surface area contributed by atoms with E-state index >= 15 is 0 Å². The molecule has 4 nitrogen and oxygen atoms in total. The monoisotopic (exact) mass is 140 g/mol. The van der Waals surface area contributed by atoms with Crippen LogP contribution in [0.4, 0.5) is 0 Å². The summed E-state index contributed by atoms with van der Waals surface area (Å²) in [5, 5.41) is 0. The van der Waals surface area contributed by atoms with Crippen LogP contribution in [0.3, 0.4) is 0 Å². The molecule has 1 amide bonds. The lowest BCUT2D eigenvalue weighted by atomic mass is 10.4. The molecule has 1 saturated heterocycles. The SMILES string of the molecule is O=C=NCN1CCCC1=O. The van der Waals surface area contributed by atoms with Crippen molar-refractivity contribution in [3.63, 3.8) is 0 Å². The van der Waals surface area contributed by atoms with Gasteiger partial charge in [-0.3, -0.25) is 4.79 Å². The Bertz CT molecular complexity index is 184. The molecule has 1 rings (SSSR count). The van der Waals surface area contributed by atoms with E-state index in [1.165, 1.54) is 6.08 Å². The smallest absolute Gasteiger partial charge is 0.236 e. The van der Waals surface area contributed by atoms with Gasteiger partial charge in [0.25, 0.3) is 0 Å². The van der Waals surface area contributed by atoms with E-state index < -0.39 is 0 Å². The maximum Gasteiger partial charge on any atom is 0.236 e. The average Bonchev–Trinajstić information content (AvgIpc) is 2.31. The van der Waals surface area contributed by atoms with E-state index in [2.05, 4.69) is 4.99 Å². The molecule has 0 saturated carbocycles. The highest BCUT2D eigenvalue weighted by atomic mass is 16.2. The molecule has 1 heterocycles. The van der Waals surface area contributed by atoms with Crippen molar-refractivity contribution in [2.45, 2.75) is 12.8 Å². The molecular weight excluding hydrogens is 132 g/mol. The van der Waals surface area contributed by atoms with Crippen molar-refractivity contribution < 1.29 is 9.59 Å². The van der Waals surface area contributed by atoms with Gasteiger partial charge >= 0.3 is 0 Å². The van der Waals surface area contributed by atoms with Crippen molar-refractivity contribution >= 4 is 12.0 Å². The second-order valence-corrected chi connectivity index (χ2v) is 2.15. The maximum absolute atomic E-state index is 10.8. The normalized spacial score (nSPS) is 17.2. The Balaban J connectivity index is 2.40. The topological polar surface area (TPSA) is 49.7 Å². The van der Waals surface area contributed by atoms with Gasteiger partial charge in [-0.1, -0.05) is 0 Å². The molecule has 1 aliphatic rings. The third-order valence-electron chi connectivity index (χ3n) is 1.48. The van der Waals surface area contributed by atoms with Crippen molar-refractivity contribution in [1.29, 1.82) is 0 Å². The van der Waals surface area contributed by atoms with Crippen LogP contribution in [0, 0.1) is 0 Å².